The molecule has 0 saturated carbocycles. The highest BCUT2D eigenvalue weighted by atomic mass is 16.7. The van der Waals surface area contributed by atoms with Crippen LogP contribution in [0.3, 0.4) is 0 Å². The van der Waals surface area contributed by atoms with Crippen molar-refractivity contribution >= 4 is 11.9 Å². The summed E-state index contributed by atoms with van der Waals surface area (Å²) in [6, 6.07) is 8.04. The molecular weight excluding hydrogens is 358 g/mol. The van der Waals surface area contributed by atoms with Crippen LogP contribution in [-0.4, -0.2) is 54.3 Å². The van der Waals surface area contributed by atoms with Gasteiger partial charge in [0.05, 0.1) is 6.61 Å². The molecule has 2 rings (SSSR count). The van der Waals surface area contributed by atoms with Crippen molar-refractivity contribution in [2.75, 3.05) is 6.61 Å². The maximum atomic E-state index is 11.4. The highest BCUT2D eigenvalue weighted by Crippen LogP contribution is 2.28. The summed E-state index contributed by atoms with van der Waals surface area (Å²) in [5, 5.41) is 14.2. The number of ether oxygens (including phenoxy) is 4. The number of rotatable bonds is 7. The molecule has 1 unspecified atom stereocenters. The van der Waals surface area contributed by atoms with E-state index >= 15 is 0 Å². The molecule has 0 bridgehead atoms. The fourth-order valence-electron chi connectivity index (χ4n) is 2.64. The maximum absolute atomic E-state index is 11.4. The van der Waals surface area contributed by atoms with Crippen molar-refractivity contribution in [1.82, 2.24) is 0 Å². The van der Waals surface area contributed by atoms with E-state index < -0.39 is 42.6 Å². The summed E-state index contributed by atoms with van der Waals surface area (Å²) in [5.74, 6) is -1.23. The van der Waals surface area contributed by atoms with Gasteiger partial charge in [0.15, 0.2) is 0 Å². The van der Waals surface area contributed by atoms with E-state index in [1.165, 1.54) is 13.8 Å². The third-order valence-corrected chi connectivity index (χ3v) is 3.85. The topological polar surface area (TPSA) is 140 Å². The van der Waals surface area contributed by atoms with Gasteiger partial charge in [0.25, 0.3) is 0 Å². The number of hydrogen-bond acceptors (Lipinski definition) is 8. The number of carbonyl (C=O) groups is 2. The molecule has 27 heavy (non-hydrogen) atoms. The SMILES string of the molecule is CC(=O)OC[C@H]1OC(OC(C)=O)[C@H](N=[N+]=[N-])[C@@H](OCc2ccccc2)[C@@H]1O. The second kappa shape index (κ2) is 9.89. The second-order valence-electron chi connectivity index (χ2n) is 5.90. The highest BCUT2D eigenvalue weighted by Gasteiger charge is 2.47. The van der Waals surface area contributed by atoms with E-state index in [0.29, 0.717) is 0 Å². The number of hydrogen-bond donors (Lipinski definition) is 1. The minimum Gasteiger partial charge on any atom is -0.463 e. The Labute approximate surface area is 155 Å². The standard InChI is InChI=1S/C17H21N3O7/c1-10(21)24-9-13-15(23)16(25-8-12-6-4-3-5-7-12)14(19-20-18)17(27-13)26-11(2)22/h3-7,13-17,23H,8-9H2,1-2H3/t13-,14-,15-,16-,17?/m1/s1. The zero-order valence-electron chi connectivity index (χ0n) is 14.9. The minimum atomic E-state index is -1.29. The molecule has 5 atom stereocenters. The largest absolute Gasteiger partial charge is 0.463 e. The van der Waals surface area contributed by atoms with E-state index in [0.717, 1.165) is 5.56 Å². The van der Waals surface area contributed by atoms with Gasteiger partial charge in [0, 0.05) is 18.8 Å². The predicted octanol–water partition coefficient (Wildman–Crippen LogP) is 1.46. The molecule has 1 aliphatic heterocycles. The molecule has 0 aromatic heterocycles. The molecule has 10 heteroatoms. The number of benzene rings is 1. The number of aliphatic hydroxyl groups is 1. The Morgan fingerprint density at radius 3 is 2.56 bits per heavy atom. The molecule has 1 heterocycles. The van der Waals surface area contributed by atoms with E-state index in [9.17, 15) is 14.7 Å². The van der Waals surface area contributed by atoms with Crippen LogP contribution in [0.15, 0.2) is 35.4 Å². The first-order valence-corrected chi connectivity index (χ1v) is 8.26. The lowest BCUT2D eigenvalue weighted by Crippen LogP contribution is -2.59. The summed E-state index contributed by atoms with van der Waals surface area (Å²) in [5.41, 5.74) is 9.69. The van der Waals surface area contributed by atoms with Gasteiger partial charge in [0.2, 0.25) is 6.29 Å². The van der Waals surface area contributed by atoms with Crippen LogP contribution in [0, 0.1) is 0 Å². The van der Waals surface area contributed by atoms with Crippen LogP contribution >= 0.6 is 0 Å². The number of azide groups is 1. The third kappa shape index (κ3) is 5.93. The zero-order valence-corrected chi connectivity index (χ0v) is 14.9. The van der Waals surface area contributed by atoms with Gasteiger partial charge < -0.3 is 24.1 Å². The third-order valence-electron chi connectivity index (χ3n) is 3.85. The normalized spacial score (nSPS) is 27.3. The first-order chi connectivity index (χ1) is 12.9. The van der Waals surface area contributed by atoms with E-state index in [4.69, 9.17) is 24.5 Å². The number of carbonyl (C=O) groups excluding carboxylic acids is 2. The minimum absolute atomic E-state index is 0.118. The Morgan fingerprint density at radius 1 is 1.26 bits per heavy atom. The monoisotopic (exact) mass is 379 g/mol. The summed E-state index contributed by atoms with van der Waals surface area (Å²) in [7, 11) is 0. The number of nitrogens with zero attached hydrogens (tertiary/aromatic N) is 3. The van der Waals surface area contributed by atoms with Gasteiger partial charge in [-0.2, -0.15) is 0 Å². The van der Waals surface area contributed by atoms with Crippen LogP contribution in [0.4, 0.5) is 0 Å². The molecule has 146 valence electrons. The van der Waals surface area contributed by atoms with Gasteiger partial charge in [-0.15, -0.1) is 0 Å². The van der Waals surface area contributed by atoms with E-state index in [-0.39, 0.29) is 13.2 Å². The van der Waals surface area contributed by atoms with Crippen LogP contribution in [0.25, 0.3) is 10.4 Å². The van der Waals surface area contributed by atoms with Crippen molar-refractivity contribution in [2.24, 2.45) is 5.11 Å². The zero-order chi connectivity index (χ0) is 19.8. The molecule has 0 amide bonds. The fraction of sp³-hybridized carbons (Fsp3) is 0.529. The average Bonchev–Trinajstić information content (AvgIpc) is 2.63. The van der Waals surface area contributed by atoms with E-state index in [2.05, 4.69) is 10.0 Å². The lowest BCUT2D eigenvalue weighted by atomic mass is 9.97. The van der Waals surface area contributed by atoms with Crippen LogP contribution in [0.1, 0.15) is 19.4 Å². The van der Waals surface area contributed by atoms with Crippen LogP contribution in [0.5, 0.6) is 0 Å². The molecular formula is C17H21N3O7. The average molecular weight is 379 g/mol. The quantitative estimate of drug-likeness (QED) is 0.327. The summed E-state index contributed by atoms with van der Waals surface area (Å²) in [6.07, 6.45) is -4.64. The molecule has 1 aromatic carbocycles. The Hall–Kier alpha value is -2.65. The molecule has 0 radical (unpaired) electrons. The van der Waals surface area contributed by atoms with Crippen molar-refractivity contribution in [3.63, 3.8) is 0 Å². The molecule has 1 saturated heterocycles. The molecule has 1 N–H and O–H groups in total. The van der Waals surface area contributed by atoms with Gasteiger partial charge in [0.1, 0.15) is 31.0 Å². The van der Waals surface area contributed by atoms with Gasteiger partial charge in [-0.25, -0.2) is 0 Å². The van der Waals surface area contributed by atoms with Gasteiger partial charge in [-0.3, -0.25) is 9.59 Å². The molecule has 0 aliphatic carbocycles. The van der Waals surface area contributed by atoms with Crippen molar-refractivity contribution in [3.8, 4) is 0 Å². The highest BCUT2D eigenvalue weighted by molar-refractivity contribution is 5.66. The summed E-state index contributed by atoms with van der Waals surface area (Å²) >= 11 is 0. The number of aliphatic hydroxyl groups excluding tert-OH is 1. The molecule has 0 spiro atoms. The Bertz CT molecular complexity index is 693. The predicted molar refractivity (Wildman–Crippen MR) is 91.0 cm³/mol. The molecule has 1 fully saturated rings. The lowest BCUT2D eigenvalue weighted by Gasteiger charge is -2.41. The van der Waals surface area contributed by atoms with Crippen LogP contribution in [0.2, 0.25) is 0 Å². The lowest BCUT2D eigenvalue weighted by molar-refractivity contribution is -0.267. The Balaban J connectivity index is 2.22. The molecule has 1 aliphatic rings. The van der Waals surface area contributed by atoms with Gasteiger partial charge >= 0.3 is 11.9 Å². The van der Waals surface area contributed by atoms with E-state index in [1.807, 2.05) is 30.3 Å². The Morgan fingerprint density at radius 2 is 1.96 bits per heavy atom. The first kappa shape index (κ1) is 20.7. The van der Waals surface area contributed by atoms with Gasteiger partial charge in [-0.1, -0.05) is 35.4 Å². The van der Waals surface area contributed by atoms with Gasteiger partial charge in [-0.05, 0) is 11.1 Å². The fourth-order valence-corrected chi connectivity index (χ4v) is 2.64. The van der Waals surface area contributed by atoms with Crippen molar-refractivity contribution in [2.45, 2.75) is 51.1 Å². The maximum Gasteiger partial charge on any atom is 0.304 e. The van der Waals surface area contributed by atoms with Crippen LogP contribution < -0.4 is 0 Å². The smallest absolute Gasteiger partial charge is 0.304 e. The number of esters is 2. The van der Waals surface area contributed by atoms with Crippen molar-refractivity contribution in [1.29, 1.82) is 0 Å². The summed E-state index contributed by atoms with van der Waals surface area (Å²) in [6.45, 7) is 2.23. The van der Waals surface area contributed by atoms with Crippen LogP contribution in [-0.2, 0) is 35.1 Å². The van der Waals surface area contributed by atoms with Crippen molar-refractivity contribution in [3.05, 3.63) is 46.3 Å². The second-order valence-corrected chi connectivity index (χ2v) is 5.90. The molecule has 1 aromatic rings. The summed E-state index contributed by atoms with van der Waals surface area (Å²) in [4.78, 5) is 25.2. The Kier molecular flexibility index (Phi) is 7.56. The first-order valence-electron chi connectivity index (χ1n) is 8.26. The summed E-state index contributed by atoms with van der Waals surface area (Å²) < 4.78 is 21.2. The van der Waals surface area contributed by atoms with E-state index in [1.54, 1.807) is 0 Å². The molecule has 10 nitrogen and oxygen atoms in total. The van der Waals surface area contributed by atoms with Crippen molar-refractivity contribution < 1.29 is 33.6 Å².